The molecule has 1 aliphatic heterocycles. The van der Waals surface area contributed by atoms with Gasteiger partial charge in [0.2, 0.25) is 0 Å². The lowest BCUT2D eigenvalue weighted by Crippen LogP contribution is -2.41. The van der Waals surface area contributed by atoms with E-state index in [1.165, 1.54) is 7.11 Å². The Labute approximate surface area is 115 Å². The monoisotopic (exact) mass is 270 g/mol. The maximum atomic E-state index is 12.0. The highest BCUT2D eigenvalue weighted by Crippen LogP contribution is 2.30. The van der Waals surface area contributed by atoms with Crippen LogP contribution in [-0.2, 0) is 20.7 Å². The molecule has 0 spiro atoms. The van der Waals surface area contributed by atoms with Gasteiger partial charge in [0, 0.05) is 17.3 Å². The molecule has 1 aliphatic rings. The summed E-state index contributed by atoms with van der Waals surface area (Å²) in [6.07, 6.45) is 0.386. The van der Waals surface area contributed by atoms with E-state index in [-0.39, 0.29) is 5.91 Å². The zero-order chi connectivity index (χ0) is 14.3. The van der Waals surface area contributed by atoms with Gasteiger partial charge in [-0.15, -0.1) is 0 Å². The van der Waals surface area contributed by atoms with Crippen LogP contribution in [0.3, 0.4) is 0 Å². The van der Waals surface area contributed by atoms with Crippen LogP contribution < -0.4 is 5.32 Å². The topological polar surface area (TPSA) is 71.2 Å². The van der Waals surface area contributed by atoms with Crippen LogP contribution in [0.1, 0.15) is 11.3 Å². The van der Waals surface area contributed by atoms with E-state index in [4.69, 9.17) is 4.74 Å². The second-order valence-electron chi connectivity index (χ2n) is 4.76. The second-order valence-corrected chi connectivity index (χ2v) is 4.76. The van der Waals surface area contributed by atoms with E-state index in [0.717, 1.165) is 16.5 Å². The smallest absolute Gasteiger partial charge is 0.328 e. The number of amides is 1. The fourth-order valence-corrected chi connectivity index (χ4v) is 2.57. The second kappa shape index (κ2) is 4.52. The van der Waals surface area contributed by atoms with Crippen LogP contribution in [0.4, 0.5) is 0 Å². The van der Waals surface area contributed by atoms with Crippen molar-refractivity contribution >= 4 is 28.4 Å². The van der Waals surface area contributed by atoms with Crippen molar-refractivity contribution in [2.24, 2.45) is 0 Å². The lowest BCUT2D eigenvalue weighted by molar-refractivity contribution is -0.144. The minimum atomic E-state index is -0.690. The number of carbonyl (C=O) groups excluding carboxylic acids is 2. The summed E-state index contributed by atoms with van der Waals surface area (Å²) >= 11 is 0. The first kappa shape index (κ1) is 12.5. The van der Waals surface area contributed by atoms with Crippen molar-refractivity contribution in [2.45, 2.75) is 12.5 Å². The SMILES string of the molecule is C=C1C(=O)N[C@H](C(=O)OC)Cc2c1[nH]c1ccccc21. The van der Waals surface area contributed by atoms with E-state index in [1.807, 2.05) is 24.3 Å². The molecule has 5 nitrogen and oxygen atoms in total. The minimum absolute atomic E-state index is 0.336. The Balaban J connectivity index is 2.18. The number of aromatic amines is 1. The Morgan fingerprint density at radius 1 is 1.40 bits per heavy atom. The number of carbonyl (C=O) groups is 2. The molecule has 0 fully saturated rings. The molecule has 1 amide bonds. The van der Waals surface area contributed by atoms with Crippen molar-refractivity contribution in [1.82, 2.24) is 10.3 Å². The number of rotatable bonds is 1. The number of hydrogen-bond donors (Lipinski definition) is 2. The number of H-pyrrole nitrogens is 1. The predicted octanol–water partition coefficient (Wildman–Crippen LogP) is 1.39. The summed E-state index contributed by atoms with van der Waals surface area (Å²) in [5.41, 5.74) is 2.87. The summed E-state index contributed by atoms with van der Waals surface area (Å²) in [7, 11) is 1.31. The molecule has 1 atom stereocenters. The fourth-order valence-electron chi connectivity index (χ4n) is 2.57. The van der Waals surface area contributed by atoms with Crippen molar-refractivity contribution in [3.8, 4) is 0 Å². The number of methoxy groups -OCH3 is 1. The molecule has 0 bridgehead atoms. The lowest BCUT2D eigenvalue weighted by atomic mass is 10.0. The maximum absolute atomic E-state index is 12.0. The first-order valence-electron chi connectivity index (χ1n) is 6.29. The lowest BCUT2D eigenvalue weighted by Gasteiger charge is -2.13. The number of nitrogens with one attached hydrogen (secondary N) is 2. The van der Waals surface area contributed by atoms with Gasteiger partial charge in [-0.05, 0) is 11.6 Å². The van der Waals surface area contributed by atoms with Crippen LogP contribution >= 0.6 is 0 Å². The molecule has 0 saturated heterocycles. The van der Waals surface area contributed by atoms with Crippen molar-refractivity contribution in [2.75, 3.05) is 7.11 Å². The van der Waals surface area contributed by atoms with Crippen LogP contribution in [0.15, 0.2) is 30.8 Å². The summed E-state index contributed by atoms with van der Waals surface area (Å²) in [6, 6.07) is 7.04. The van der Waals surface area contributed by atoms with Crippen LogP contribution in [0.25, 0.3) is 16.5 Å². The highest BCUT2D eigenvalue weighted by atomic mass is 16.5. The normalized spacial score (nSPS) is 18.4. The van der Waals surface area contributed by atoms with E-state index in [9.17, 15) is 9.59 Å². The highest BCUT2D eigenvalue weighted by molar-refractivity contribution is 6.21. The molecule has 5 heteroatoms. The summed E-state index contributed by atoms with van der Waals surface area (Å²) in [6.45, 7) is 3.82. The zero-order valence-electron chi connectivity index (χ0n) is 11.0. The van der Waals surface area contributed by atoms with E-state index < -0.39 is 12.0 Å². The Kier molecular flexibility index (Phi) is 2.82. The van der Waals surface area contributed by atoms with Gasteiger partial charge in [-0.1, -0.05) is 24.8 Å². The molecule has 102 valence electrons. The Bertz CT molecular complexity index is 730. The van der Waals surface area contributed by atoms with Gasteiger partial charge in [-0.2, -0.15) is 0 Å². The van der Waals surface area contributed by atoms with Crippen LogP contribution in [0.2, 0.25) is 0 Å². The van der Waals surface area contributed by atoms with Gasteiger partial charge < -0.3 is 15.0 Å². The molecule has 1 aromatic carbocycles. The number of para-hydroxylation sites is 1. The minimum Gasteiger partial charge on any atom is -0.467 e. The first-order valence-corrected chi connectivity index (χ1v) is 6.29. The van der Waals surface area contributed by atoms with Crippen molar-refractivity contribution in [1.29, 1.82) is 0 Å². The van der Waals surface area contributed by atoms with Gasteiger partial charge in [0.05, 0.1) is 18.4 Å². The zero-order valence-corrected chi connectivity index (χ0v) is 11.0. The molecule has 2 aromatic rings. The predicted molar refractivity (Wildman–Crippen MR) is 75.0 cm³/mol. The van der Waals surface area contributed by atoms with Gasteiger partial charge in [0.15, 0.2) is 0 Å². The number of benzene rings is 1. The van der Waals surface area contributed by atoms with Crippen LogP contribution in [0, 0.1) is 0 Å². The number of ether oxygens (including phenoxy) is 1. The van der Waals surface area contributed by atoms with E-state index in [1.54, 1.807) is 0 Å². The van der Waals surface area contributed by atoms with Crippen LogP contribution in [0.5, 0.6) is 0 Å². The maximum Gasteiger partial charge on any atom is 0.328 e. The van der Waals surface area contributed by atoms with E-state index in [2.05, 4.69) is 16.9 Å². The first-order chi connectivity index (χ1) is 9.61. The van der Waals surface area contributed by atoms with E-state index >= 15 is 0 Å². The van der Waals surface area contributed by atoms with Gasteiger partial charge in [-0.25, -0.2) is 4.79 Å². The average Bonchev–Trinajstić information content (AvgIpc) is 2.78. The largest absolute Gasteiger partial charge is 0.467 e. The Hall–Kier alpha value is -2.56. The molecule has 20 heavy (non-hydrogen) atoms. The standard InChI is InChI=1S/C15H14N2O3/c1-8-13-10(9-5-3-4-6-11(9)16-13)7-12(15(19)20-2)17-14(8)18/h3-6,12,16H,1,7H2,2H3,(H,17,18)/t12-/m0/s1. The molecule has 0 radical (unpaired) electrons. The molecular weight excluding hydrogens is 256 g/mol. The summed E-state index contributed by atoms with van der Waals surface area (Å²) in [5.74, 6) is -0.810. The van der Waals surface area contributed by atoms with E-state index in [0.29, 0.717) is 17.7 Å². The van der Waals surface area contributed by atoms with Crippen molar-refractivity contribution in [3.63, 3.8) is 0 Å². The third kappa shape index (κ3) is 1.79. The molecule has 1 aromatic heterocycles. The molecule has 3 rings (SSSR count). The fraction of sp³-hybridized carbons (Fsp3) is 0.200. The van der Waals surface area contributed by atoms with Gasteiger partial charge in [-0.3, -0.25) is 4.79 Å². The summed E-state index contributed by atoms with van der Waals surface area (Å²) < 4.78 is 4.74. The molecule has 0 aliphatic carbocycles. The van der Waals surface area contributed by atoms with Gasteiger partial charge >= 0.3 is 5.97 Å². The number of fused-ring (bicyclic) bond motifs is 3. The van der Waals surface area contributed by atoms with Gasteiger partial charge in [0.1, 0.15) is 6.04 Å². The van der Waals surface area contributed by atoms with Crippen LogP contribution in [-0.4, -0.2) is 30.0 Å². The molecule has 0 unspecified atom stereocenters. The quantitative estimate of drug-likeness (QED) is 0.607. The Morgan fingerprint density at radius 2 is 2.15 bits per heavy atom. The third-order valence-electron chi connectivity index (χ3n) is 3.59. The van der Waals surface area contributed by atoms with Crippen molar-refractivity contribution in [3.05, 3.63) is 42.1 Å². The molecular formula is C15H14N2O3. The van der Waals surface area contributed by atoms with Crippen molar-refractivity contribution < 1.29 is 14.3 Å². The average molecular weight is 270 g/mol. The number of aromatic nitrogens is 1. The van der Waals surface area contributed by atoms with Gasteiger partial charge in [0.25, 0.3) is 5.91 Å². The highest BCUT2D eigenvalue weighted by Gasteiger charge is 2.31. The molecule has 2 heterocycles. The number of esters is 1. The number of hydrogen-bond acceptors (Lipinski definition) is 3. The summed E-state index contributed by atoms with van der Waals surface area (Å²) in [4.78, 5) is 27.0. The third-order valence-corrected chi connectivity index (χ3v) is 3.59. The summed E-state index contributed by atoms with van der Waals surface area (Å²) in [5, 5.41) is 3.64. The molecule has 0 saturated carbocycles. The Morgan fingerprint density at radius 3 is 2.90 bits per heavy atom. The molecule has 2 N–H and O–H groups in total.